The van der Waals surface area contributed by atoms with Gasteiger partial charge in [-0.2, -0.15) is 0 Å². The van der Waals surface area contributed by atoms with Crippen molar-refractivity contribution in [1.29, 1.82) is 0 Å². The molecule has 6 nitrogen and oxygen atoms in total. The second-order valence-electron chi connectivity index (χ2n) is 7.14. The summed E-state index contributed by atoms with van der Waals surface area (Å²) in [5, 5.41) is 3.27. The lowest BCUT2D eigenvalue weighted by atomic mass is 10.1. The highest BCUT2D eigenvalue weighted by molar-refractivity contribution is 5.80. The Morgan fingerprint density at radius 3 is 2.19 bits per heavy atom. The van der Waals surface area contributed by atoms with Gasteiger partial charge in [-0.1, -0.05) is 42.5 Å². The molecule has 0 saturated carbocycles. The molecule has 1 N–H and O–H groups in total. The van der Waals surface area contributed by atoms with Crippen LogP contribution in [0.2, 0.25) is 0 Å². The highest BCUT2D eigenvalue weighted by Crippen LogP contribution is 2.19. The molecular weight excluding hydrogens is 392 g/mol. The number of ether oxygens (including phenoxy) is 2. The van der Waals surface area contributed by atoms with Gasteiger partial charge >= 0.3 is 5.97 Å². The number of carbonyl (C=O) groups excluding carboxylic acids is 2. The molecule has 0 unspecified atom stereocenters. The van der Waals surface area contributed by atoms with Gasteiger partial charge < -0.3 is 19.7 Å². The average molecular weight is 418 g/mol. The van der Waals surface area contributed by atoms with Crippen molar-refractivity contribution in [3.63, 3.8) is 0 Å². The maximum Gasteiger partial charge on any atom is 0.344 e. The van der Waals surface area contributed by atoms with E-state index >= 15 is 0 Å². The minimum Gasteiger partial charge on any atom is -0.482 e. The van der Waals surface area contributed by atoms with Crippen molar-refractivity contribution < 1.29 is 19.1 Å². The van der Waals surface area contributed by atoms with Crippen LogP contribution in [0.15, 0.2) is 78.9 Å². The molecule has 0 aliphatic heterocycles. The van der Waals surface area contributed by atoms with Crippen LogP contribution in [0.25, 0.3) is 0 Å². The molecule has 3 aromatic carbocycles. The van der Waals surface area contributed by atoms with E-state index in [1.165, 1.54) is 4.90 Å². The standard InChI is InChI=1S/C25H26N2O4/c1-19-8-6-7-9-20(19)16-27(2)24(28)17-31-25(29)18-30-23-14-12-22(13-15-23)26-21-10-4-3-5-11-21/h3-15,26H,16-18H2,1-2H3. The Morgan fingerprint density at radius 2 is 1.48 bits per heavy atom. The van der Waals surface area contributed by atoms with E-state index in [1.807, 2.05) is 73.7 Å². The topological polar surface area (TPSA) is 67.9 Å². The lowest BCUT2D eigenvalue weighted by molar-refractivity contribution is -0.153. The zero-order valence-corrected chi connectivity index (χ0v) is 17.7. The third-order valence-electron chi connectivity index (χ3n) is 4.72. The summed E-state index contributed by atoms with van der Waals surface area (Å²) in [5.74, 6) is -0.323. The Hall–Kier alpha value is -3.80. The van der Waals surface area contributed by atoms with Gasteiger partial charge in [-0.15, -0.1) is 0 Å². The van der Waals surface area contributed by atoms with Gasteiger partial charge in [-0.3, -0.25) is 4.79 Å². The number of hydrogen-bond donors (Lipinski definition) is 1. The molecule has 0 bridgehead atoms. The van der Waals surface area contributed by atoms with E-state index in [2.05, 4.69) is 5.32 Å². The minimum absolute atomic E-state index is 0.264. The first kappa shape index (κ1) is 21.9. The molecule has 160 valence electrons. The SMILES string of the molecule is Cc1ccccc1CN(C)C(=O)COC(=O)COc1ccc(Nc2ccccc2)cc1. The number of carbonyl (C=O) groups is 2. The van der Waals surface area contributed by atoms with Crippen LogP contribution in [0.4, 0.5) is 11.4 Å². The number of hydrogen-bond acceptors (Lipinski definition) is 5. The first-order valence-corrected chi connectivity index (χ1v) is 10.0. The molecule has 0 spiro atoms. The fraction of sp³-hybridized carbons (Fsp3) is 0.200. The van der Waals surface area contributed by atoms with Gasteiger partial charge in [-0.25, -0.2) is 4.79 Å². The molecular formula is C25H26N2O4. The molecule has 3 aromatic rings. The normalized spacial score (nSPS) is 10.3. The quantitative estimate of drug-likeness (QED) is 0.524. The van der Waals surface area contributed by atoms with Crippen LogP contribution in [-0.2, 0) is 20.9 Å². The predicted octanol–water partition coefficient (Wildman–Crippen LogP) is 4.32. The first-order valence-electron chi connectivity index (χ1n) is 10.0. The maximum absolute atomic E-state index is 12.2. The molecule has 3 rings (SSSR count). The minimum atomic E-state index is -0.593. The molecule has 0 aromatic heterocycles. The molecule has 0 saturated heterocycles. The number of anilines is 2. The molecule has 0 fully saturated rings. The Kier molecular flexibility index (Phi) is 7.65. The van der Waals surface area contributed by atoms with E-state index < -0.39 is 5.97 Å². The zero-order valence-electron chi connectivity index (χ0n) is 17.7. The highest BCUT2D eigenvalue weighted by Gasteiger charge is 2.13. The number of esters is 1. The van der Waals surface area contributed by atoms with Crippen molar-refractivity contribution in [2.24, 2.45) is 0 Å². The van der Waals surface area contributed by atoms with Crippen LogP contribution in [0.5, 0.6) is 5.75 Å². The second kappa shape index (κ2) is 10.8. The van der Waals surface area contributed by atoms with Gasteiger partial charge in [0, 0.05) is 25.0 Å². The number of likely N-dealkylation sites (N-methyl/N-ethyl adjacent to an activating group) is 1. The van der Waals surface area contributed by atoms with E-state index in [0.717, 1.165) is 22.5 Å². The van der Waals surface area contributed by atoms with Gasteiger partial charge in [0.2, 0.25) is 0 Å². The molecule has 0 radical (unpaired) electrons. The summed E-state index contributed by atoms with van der Waals surface area (Å²) in [4.78, 5) is 25.7. The summed E-state index contributed by atoms with van der Waals surface area (Å²) < 4.78 is 10.5. The highest BCUT2D eigenvalue weighted by atomic mass is 16.6. The average Bonchev–Trinajstić information content (AvgIpc) is 2.79. The Labute approximate surface area is 182 Å². The number of benzene rings is 3. The molecule has 0 aliphatic carbocycles. The maximum atomic E-state index is 12.2. The number of nitrogens with one attached hydrogen (secondary N) is 1. The van der Waals surface area contributed by atoms with Crippen molar-refractivity contribution in [2.75, 3.05) is 25.6 Å². The van der Waals surface area contributed by atoms with E-state index in [-0.39, 0.29) is 19.1 Å². The molecule has 6 heteroatoms. The Balaban J connectivity index is 1.39. The van der Waals surface area contributed by atoms with E-state index in [9.17, 15) is 9.59 Å². The van der Waals surface area contributed by atoms with Crippen LogP contribution >= 0.6 is 0 Å². The number of para-hydroxylation sites is 1. The first-order chi connectivity index (χ1) is 15.0. The molecule has 0 atom stereocenters. The Bertz CT molecular complexity index is 1000. The van der Waals surface area contributed by atoms with Gasteiger partial charge in [0.1, 0.15) is 5.75 Å². The van der Waals surface area contributed by atoms with E-state index in [0.29, 0.717) is 12.3 Å². The van der Waals surface area contributed by atoms with Crippen molar-refractivity contribution >= 4 is 23.3 Å². The summed E-state index contributed by atoms with van der Waals surface area (Å²) in [6, 6.07) is 24.9. The number of rotatable bonds is 9. The second-order valence-corrected chi connectivity index (χ2v) is 7.14. The van der Waals surface area contributed by atoms with Crippen molar-refractivity contribution in [3.05, 3.63) is 90.0 Å². The summed E-state index contributed by atoms with van der Waals surface area (Å²) in [6.07, 6.45) is 0. The number of nitrogens with zero attached hydrogens (tertiary/aromatic N) is 1. The summed E-state index contributed by atoms with van der Waals surface area (Å²) in [5.41, 5.74) is 4.05. The van der Waals surface area contributed by atoms with Crippen LogP contribution in [0.1, 0.15) is 11.1 Å². The molecule has 0 heterocycles. The lowest BCUT2D eigenvalue weighted by Crippen LogP contribution is -2.31. The van der Waals surface area contributed by atoms with Crippen molar-refractivity contribution in [3.8, 4) is 5.75 Å². The van der Waals surface area contributed by atoms with Crippen molar-refractivity contribution in [1.82, 2.24) is 4.90 Å². The van der Waals surface area contributed by atoms with Crippen molar-refractivity contribution in [2.45, 2.75) is 13.5 Å². The Morgan fingerprint density at radius 1 is 0.839 bits per heavy atom. The predicted molar refractivity (Wildman–Crippen MR) is 120 cm³/mol. The van der Waals surface area contributed by atoms with Gasteiger partial charge in [0.15, 0.2) is 13.2 Å². The lowest BCUT2D eigenvalue weighted by Gasteiger charge is -2.18. The van der Waals surface area contributed by atoms with Crippen LogP contribution < -0.4 is 10.1 Å². The number of amides is 1. The van der Waals surface area contributed by atoms with E-state index in [1.54, 1.807) is 19.2 Å². The third-order valence-corrected chi connectivity index (χ3v) is 4.72. The monoisotopic (exact) mass is 418 g/mol. The fourth-order valence-corrected chi connectivity index (χ4v) is 2.89. The summed E-state index contributed by atoms with van der Waals surface area (Å²) >= 11 is 0. The summed E-state index contributed by atoms with van der Waals surface area (Å²) in [6.45, 7) is 1.88. The summed E-state index contributed by atoms with van der Waals surface area (Å²) in [7, 11) is 1.68. The molecule has 31 heavy (non-hydrogen) atoms. The third kappa shape index (κ3) is 6.89. The molecule has 0 aliphatic rings. The van der Waals surface area contributed by atoms with Gasteiger partial charge in [0.05, 0.1) is 0 Å². The smallest absolute Gasteiger partial charge is 0.344 e. The number of aryl methyl sites for hydroxylation is 1. The van der Waals surface area contributed by atoms with Crippen LogP contribution in [0, 0.1) is 6.92 Å². The van der Waals surface area contributed by atoms with Gasteiger partial charge in [-0.05, 0) is 54.4 Å². The van der Waals surface area contributed by atoms with Crippen LogP contribution in [0.3, 0.4) is 0 Å². The largest absolute Gasteiger partial charge is 0.482 e. The van der Waals surface area contributed by atoms with Gasteiger partial charge in [0.25, 0.3) is 5.91 Å². The van der Waals surface area contributed by atoms with E-state index in [4.69, 9.17) is 9.47 Å². The zero-order chi connectivity index (χ0) is 22.1. The molecule has 1 amide bonds. The fourth-order valence-electron chi connectivity index (χ4n) is 2.89. The van der Waals surface area contributed by atoms with Crippen LogP contribution in [-0.4, -0.2) is 37.0 Å².